The second-order valence-electron chi connectivity index (χ2n) is 4.79. The normalized spacial score (nSPS) is 11.6. The van der Waals surface area contributed by atoms with Gasteiger partial charge in [-0.2, -0.15) is 0 Å². The van der Waals surface area contributed by atoms with Crippen molar-refractivity contribution in [1.29, 1.82) is 0 Å². The van der Waals surface area contributed by atoms with Crippen molar-refractivity contribution in [3.8, 4) is 5.75 Å². The third-order valence-electron chi connectivity index (χ3n) is 2.43. The molecule has 0 amide bonds. The van der Waals surface area contributed by atoms with Crippen LogP contribution in [0.25, 0.3) is 0 Å². The van der Waals surface area contributed by atoms with Gasteiger partial charge in [-0.15, -0.1) is 0 Å². The van der Waals surface area contributed by atoms with Gasteiger partial charge in [0.05, 0.1) is 12.1 Å². The van der Waals surface area contributed by atoms with Crippen molar-refractivity contribution in [2.45, 2.75) is 39.2 Å². The first-order valence-electron chi connectivity index (χ1n) is 5.51. The van der Waals surface area contributed by atoms with E-state index in [-0.39, 0.29) is 5.54 Å². The predicted molar refractivity (Wildman–Crippen MR) is 69.4 cm³/mol. The average molecular weight is 242 g/mol. The lowest BCUT2D eigenvalue weighted by molar-refractivity contribution is 0.410. The summed E-state index contributed by atoms with van der Waals surface area (Å²) in [7, 11) is 1.65. The number of hydrogen-bond acceptors (Lipinski definition) is 2. The maximum absolute atomic E-state index is 6.18. The Hall–Kier alpha value is -0.730. The van der Waals surface area contributed by atoms with E-state index < -0.39 is 0 Å². The Labute approximate surface area is 103 Å². The standard InChI is InChI=1S/C13H20ClNO/c1-5-10-6-9(8-13(2,3)15)7-11(14)12(10)16-4/h6-7H,5,8,15H2,1-4H3. The second kappa shape index (κ2) is 5.07. The van der Waals surface area contributed by atoms with Gasteiger partial charge in [0.1, 0.15) is 5.75 Å². The number of aryl methyl sites for hydroxylation is 1. The van der Waals surface area contributed by atoms with Gasteiger partial charge in [-0.3, -0.25) is 0 Å². The molecule has 3 heteroatoms. The monoisotopic (exact) mass is 241 g/mol. The number of nitrogens with two attached hydrogens (primary N) is 1. The van der Waals surface area contributed by atoms with Gasteiger partial charge in [-0.25, -0.2) is 0 Å². The maximum Gasteiger partial charge on any atom is 0.140 e. The van der Waals surface area contributed by atoms with Crippen molar-refractivity contribution in [2.75, 3.05) is 7.11 Å². The molecule has 1 aromatic rings. The lowest BCUT2D eigenvalue weighted by Crippen LogP contribution is -2.34. The van der Waals surface area contributed by atoms with Crippen LogP contribution in [-0.4, -0.2) is 12.6 Å². The molecule has 0 aliphatic rings. The van der Waals surface area contributed by atoms with Crippen LogP contribution in [0.4, 0.5) is 0 Å². The zero-order valence-corrected chi connectivity index (χ0v) is 11.2. The number of halogens is 1. The van der Waals surface area contributed by atoms with Gasteiger partial charge in [0.2, 0.25) is 0 Å². The van der Waals surface area contributed by atoms with Gasteiger partial charge in [0, 0.05) is 5.54 Å². The summed E-state index contributed by atoms with van der Waals surface area (Å²) in [4.78, 5) is 0. The molecule has 0 aliphatic carbocycles. The Balaban J connectivity index is 3.10. The third kappa shape index (κ3) is 3.39. The molecule has 0 aromatic heterocycles. The Morgan fingerprint density at radius 3 is 2.44 bits per heavy atom. The summed E-state index contributed by atoms with van der Waals surface area (Å²) >= 11 is 6.18. The van der Waals surface area contributed by atoms with E-state index in [4.69, 9.17) is 22.1 Å². The first-order valence-corrected chi connectivity index (χ1v) is 5.89. The van der Waals surface area contributed by atoms with Gasteiger partial charge in [0.25, 0.3) is 0 Å². The van der Waals surface area contributed by atoms with Crippen molar-refractivity contribution in [2.24, 2.45) is 5.73 Å². The molecule has 90 valence electrons. The van der Waals surface area contributed by atoms with Crippen LogP contribution in [0.2, 0.25) is 5.02 Å². The molecule has 16 heavy (non-hydrogen) atoms. The summed E-state index contributed by atoms with van der Waals surface area (Å²) in [5.74, 6) is 0.780. The van der Waals surface area contributed by atoms with Gasteiger partial charge < -0.3 is 10.5 Å². The fraction of sp³-hybridized carbons (Fsp3) is 0.538. The van der Waals surface area contributed by atoms with Gasteiger partial charge in [-0.1, -0.05) is 24.6 Å². The first-order chi connectivity index (χ1) is 7.37. The third-order valence-corrected chi connectivity index (χ3v) is 2.71. The lowest BCUT2D eigenvalue weighted by atomic mass is 9.94. The molecule has 0 spiro atoms. The van der Waals surface area contributed by atoms with Crippen LogP contribution >= 0.6 is 11.6 Å². The van der Waals surface area contributed by atoms with E-state index >= 15 is 0 Å². The second-order valence-corrected chi connectivity index (χ2v) is 5.20. The zero-order chi connectivity index (χ0) is 12.3. The topological polar surface area (TPSA) is 35.2 Å². The van der Waals surface area contributed by atoms with Crippen LogP contribution in [0.3, 0.4) is 0 Å². The quantitative estimate of drug-likeness (QED) is 0.879. The Morgan fingerprint density at radius 2 is 2.00 bits per heavy atom. The van der Waals surface area contributed by atoms with Crippen LogP contribution < -0.4 is 10.5 Å². The first kappa shape index (κ1) is 13.3. The molecule has 2 N–H and O–H groups in total. The highest BCUT2D eigenvalue weighted by molar-refractivity contribution is 6.32. The summed E-state index contributed by atoms with van der Waals surface area (Å²) in [6, 6.07) is 4.06. The van der Waals surface area contributed by atoms with Crippen LogP contribution in [0.15, 0.2) is 12.1 Å². The molecule has 1 rings (SSSR count). The molecule has 1 aromatic carbocycles. The van der Waals surface area contributed by atoms with E-state index in [0.717, 1.165) is 29.7 Å². The largest absolute Gasteiger partial charge is 0.495 e. The molecule has 0 saturated heterocycles. The van der Waals surface area contributed by atoms with E-state index in [9.17, 15) is 0 Å². The Bertz CT molecular complexity index is 369. The fourth-order valence-electron chi connectivity index (χ4n) is 1.83. The van der Waals surface area contributed by atoms with Gasteiger partial charge >= 0.3 is 0 Å². The minimum atomic E-state index is -0.219. The molecular weight excluding hydrogens is 222 g/mol. The predicted octanol–water partition coefficient (Wildman–Crippen LogP) is 3.19. The summed E-state index contributed by atoms with van der Waals surface area (Å²) in [6.45, 7) is 6.11. The molecule has 0 heterocycles. The summed E-state index contributed by atoms with van der Waals surface area (Å²) in [5, 5.41) is 0.668. The van der Waals surface area contributed by atoms with Crippen molar-refractivity contribution < 1.29 is 4.74 Å². The van der Waals surface area contributed by atoms with E-state index in [2.05, 4.69) is 13.0 Å². The lowest BCUT2D eigenvalue weighted by Gasteiger charge is -2.20. The molecule has 0 saturated carbocycles. The molecular formula is C13H20ClNO. The van der Waals surface area contributed by atoms with E-state index in [0.29, 0.717) is 5.02 Å². The molecule has 0 bridgehead atoms. The molecule has 2 nitrogen and oxygen atoms in total. The number of benzene rings is 1. The van der Waals surface area contributed by atoms with Crippen LogP contribution in [0, 0.1) is 0 Å². The molecule has 0 unspecified atom stereocenters. The fourth-order valence-corrected chi connectivity index (χ4v) is 2.17. The molecule has 0 atom stereocenters. The number of hydrogen-bond donors (Lipinski definition) is 1. The Kier molecular flexibility index (Phi) is 4.22. The number of ether oxygens (including phenoxy) is 1. The van der Waals surface area contributed by atoms with Gasteiger partial charge in [0.15, 0.2) is 0 Å². The van der Waals surface area contributed by atoms with Crippen molar-refractivity contribution >= 4 is 11.6 Å². The highest BCUT2D eigenvalue weighted by atomic mass is 35.5. The highest BCUT2D eigenvalue weighted by Gasteiger charge is 2.15. The average Bonchev–Trinajstić information content (AvgIpc) is 2.14. The van der Waals surface area contributed by atoms with E-state index in [1.165, 1.54) is 0 Å². The minimum absolute atomic E-state index is 0.219. The van der Waals surface area contributed by atoms with Gasteiger partial charge in [-0.05, 0) is 43.9 Å². The molecule has 0 radical (unpaired) electrons. The van der Waals surface area contributed by atoms with Crippen LogP contribution in [0.5, 0.6) is 5.75 Å². The minimum Gasteiger partial charge on any atom is -0.495 e. The summed E-state index contributed by atoms with van der Waals surface area (Å²) in [5.41, 5.74) is 8.08. The highest BCUT2D eigenvalue weighted by Crippen LogP contribution is 2.31. The zero-order valence-electron chi connectivity index (χ0n) is 10.4. The smallest absolute Gasteiger partial charge is 0.140 e. The van der Waals surface area contributed by atoms with Crippen molar-refractivity contribution in [3.05, 3.63) is 28.3 Å². The van der Waals surface area contributed by atoms with Crippen molar-refractivity contribution in [3.63, 3.8) is 0 Å². The number of rotatable bonds is 4. The van der Waals surface area contributed by atoms with Crippen LogP contribution in [-0.2, 0) is 12.8 Å². The molecule has 0 aliphatic heterocycles. The van der Waals surface area contributed by atoms with E-state index in [1.54, 1.807) is 7.11 Å². The summed E-state index contributed by atoms with van der Waals surface area (Å²) in [6.07, 6.45) is 1.71. The summed E-state index contributed by atoms with van der Waals surface area (Å²) < 4.78 is 5.29. The van der Waals surface area contributed by atoms with Crippen LogP contribution in [0.1, 0.15) is 31.9 Å². The number of methoxy groups -OCH3 is 1. The van der Waals surface area contributed by atoms with Crippen molar-refractivity contribution in [1.82, 2.24) is 0 Å². The molecule has 0 fully saturated rings. The SMILES string of the molecule is CCc1cc(CC(C)(C)N)cc(Cl)c1OC. The Morgan fingerprint density at radius 1 is 1.38 bits per heavy atom. The maximum atomic E-state index is 6.18. The van der Waals surface area contributed by atoms with E-state index in [1.807, 2.05) is 19.9 Å².